The van der Waals surface area contributed by atoms with Crippen LogP contribution in [0.3, 0.4) is 0 Å². The van der Waals surface area contributed by atoms with E-state index in [0.29, 0.717) is 4.58 Å². The monoisotopic (exact) mass is 241 g/mol. The van der Waals surface area contributed by atoms with Gasteiger partial charge in [-0.25, -0.2) is 0 Å². The van der Waals surface area contributed by atoms with Crippen molar-refractivity contribution in [1.82, 2.24) is 0 Å². The summed E-state index contributed by atoms with van der Waals surface area (Å²) in [5.41, 5.74) is 8.08. The van der Waals surface area contributed by atoms with Crippen molar-refractivity contribution in [3.05, 3.63) is 23.8 Å². The van der Waals surface area contributed by atoms with Crippen LogP contribution in [0.4, 0.5) is 5.69 Å². The Morgan fingerprint density at radius 2 is 2.07 bits per heavy atom. The number of nitrogens with two attached hydrogens (primary N) is 1. The lowest BCUT2D eigenvalue weighted by atomic mass is 10.2. The Kier molecular flexibility index (Phi) is 3.70. The fourth-order valence-corrected chi connectivity index (χ4v) is 4.58. The molecule has 1 aromatic carbocycles. The van der Waals surface area contributed by atoms with Gasteiger partial charge in [0.25, 0.3) is 0 Å². The Labute approximate surface area is 98.9 Å². The van der Waals surface area contributed by atoms with Crippen molar-refractivity contribution in [1.29, 1.82) is 0 Å². The molecule has 4 heteroatoms. The van der Waals surface area contributed by atoms with Crippen LogP contribution in [0.15, 0.2) is 18.2 Å². The number of methoxy groups -OCH3 is 1. The summed E-state index contributed by atoms with van der Waals surface area (Å²) in [6.07, 6.45) is 1.30. The lowest BCUT2D eigenvalue weighted by Gasteiger charge is -2.23. The Morgan fingerprint density at radius 3 is 2.73 bits per heavy atom. The Hall–Kier alpha value is -0.480. The zero-order valence-corrected chi connectivity index (χ0v) is 10.4. The third-order valence-corrected chi connectivity index (χ3v) is 5.38. The molecule has 0 bridgehead atoms. The number of thioether (sulfide) groups is 2. The number of benzene rings is 1. The molecule has 0 saturated carbocycles. The maximum atomic E-state index is 6.07. The molecule has 0 radical (unpaired) electrons. The average molecular weight is 241 g/mol. The van der Waals surface area contributed by atoms with Crippen LogP contribution >= 0.6 is 23.5 Å². The lowest BCUT2D eigenvalue weighted by molar-refractivity contribution is 0.416. The van der Waals surface area contributed by atoms with Gasteiger partial charge in [-0.2, -0.15) is 0 Å². The highest BCUT2D eigenvalue weighted by Gasteiger charge is 2.20. The van der Waals surface area contributed by atoms with Crippen LogP contribution in [0, 0.1) is 0 Å². The molecule has 0 atom stereocenters. The summed E-state index contributed by atoms with van der Waals surface area (Å²) >= 11 is 3.95. The third-order valence-electron chi connectivity index (χ3n) is 2.40. The van der Waals surface area contributed by atoms with Gasteiger partial charge in [0, 0.05) is 5.56 Å². The van der Waals surface area contributed by atoms with Crippen molar-refractivity contribution in [2.45, 2.75) is 11.0 Å². The molecule has 0 unspecified atom stereocenters. The van der Waals surface area contributed by atoms with Crippen molar-refractivity contribution in [3.8, 4) is 5.75 Å². The van der Waals surface area contributed by atoms with Crippen molar-refractivity contribution >= 4 is 29.2 Å². The first-order valence-electron chi connectivity index (χ1n) is 4.98. The number of hydrogen-bond donors (Lipinski definition) is 1. The molecule has 2 rings (SSSR count). The number of anilines is 1. The molecule has 0 aliphatic carbocycles. The molecule has 0 amide bonds. The first-order valence-corrected chi connectivity index (χ1v) is 7.08. The Balaban J connectivity index is 2.26. The summed E-state index contributed by atoms with van der Waals surface area (Å²) in [6.45, 7) is 0. The van der Waals surface area contributed by atoms with E-state index in [0.717, 1.165) is 11.4 Å². The average Bonchev–Trinajstić information content (AvgIpc) is 2.30. The molecular weight excluding hydrogens is 226 g/mol. The quantitative estimate of drug-likeness (QED) is 0.807. The van der Waals surface area contributed by atoms with Gasteiger partial charge in [-0.3, -0.25) is 0 Å². The van der Waals surface area contributed by atoms with E-state index in [9.17, 15) is 0 Å². The van der Waals surface area contributed by atoms with Crippen molar-refractivity contribution in [2.75, 3.05) is 24.3 Å². The van der Waals surface area contributed by atoms with Gasteiger partial charge in [0.1, 0.15) is 5.75 Å². The predicted octanol–water partition coefficient (Wildman–Crippen LogP) is 3.15. The summed E-state index contributed by atoms with van der Waals surface area (Å²) in [7, 11) is 1.66. The SMILES string of the molecule is COc1cccc(C2SCCCS2)c1N. The summed E-state index contributed by atoms with van der Waals surface area (Å²) < 4.78 is 5.71. The van der Waals surface area contributed by atoms with Gasteiger partial charge in [0.2, 0.25) is 0 Å². The number of hydrogen-bond acceptors (Lipinski definition) is 4. The van der Waals surface area contributed by atoms with Crippen LogP contribution in [0.25, 0.3) is 0 Å². The van der Waals surface area contributed by atoms with Crippen LogP contribution in [-0.2, 0) is 0 Å². The maximum absolute atomic E-state index is 6.07. The number of para-hydroxylation sites is 1. The van der Waals surface area contributed by atoms with Crippen molar-refractivity contribution in [2.24, 2.45) is 0 Å². The molecule has 1 heterocycles. The second kappa shape index (κ2) is 5.03. The highest BCUT2D eigenvalue weighted by atomic mass is 32.2. The Morgan fingerprint density at radius 1 is 1.33 bits per heavy atom. The predicted molar refractivity (Wildman–Crippen MR) is 69.7 cm³/mol. The summed E-state index contributed by atoms with van der Waals surface area (Å²) in [6, 6.07) is 6.03. The summed E-state index contributed by atoms with van der Waals surface area (Å²) in [5.74, 6) is 3.25. The third kappa shape index (κ3) is 2.37. The van der Waals surface area contributed by atoms with Crippen LogP contribution < -0.4 is 10.5 Å². The largest absolute Gasteiger partial charge is 0.495 e. The molecule has 1 saturated heterocycles. The van der Waals surface area contributed by atoms with Gasteiger partial charge >= 0.3 is 0 Å². The molecule has 1 aliphatic rings. The lowest BCUT2D eigenvalue weighted by Crippen LogP contribution is -2.04. The standard InChI is InChI=1S/C11H15NOS2/c1-13-9-5-2-4-8(10(9)12)11-14-6-3-7-15-11/h2,4-5,11H,3,6-7,12H2,1H3. The van der Waals surface area contributed by atoms with E-state index in [2.05, 4.69) is 6.07 Å². The van der Waals surface area contributed by atoms with Gasteiger partial charge in [0.05, 0.1) is 17.4 Å². The zero-order chi connectivity index (χ0) is 10.7. The minimum absolute atomic E-state index is 0.480. The first-order chi connectivity index (χ1) is 7.33. The molecule has 2 nitrogen and oxygen atoms in total. The molecule has 1 aliphatic heterocycles. The topological polar surface area (TPSA) is 35.2 Å². The van der Waals surface area contributed by atoms with Gasteiger partial charge in [0.15, 0.2) is 0 Å². The van der Waals surface area contributed by atoms with Crippen molar-refractivity contribution in [3.63, 3.8) is 0 Å². The summed E-state index contributed by atoms with van der Waals surface area (Å²) in [5, 5.41) is 0. The number of ether oxygens (including phenoxy) is 1. The molecule has 1 aromatic rings. The minimum Gasteiger partial charge on any atom is -0.495 e. The van der Waals surface area contributed by atoms with Crippen LogP contribution in [-0.4, -0.2) is 18.6 Å². The van der Waals surface area contributed by atoms with Gasteiger partial charge in [-0.15, -0.1) is 23.5 Å². The van der Waals surface area contributed by atoms with Crippen LogP contribution in [0.1, 0.15) is 16.6 Å². The fraction of sp³-hybridized carbons (Fsp3) is 0.455. The van der Waals surface area contributed by atoms with E-state index in [1.165, 1.54) is 23.5 Å². The van der Waals surface area contributed by atoms with Gasteiger partial charge in [-0.1, -0.05) is 12.1 Å². The van der Waals surface area contributed by atoms with E-state index >= 15 is 0 Å². The van der Waals surface area contributed by atoms with Crippen LogP contribution in [0.5, 0.6) is 5.75 Å². The van der Waals surface area contributed by atoms with E-state index in [1.54, 1.807) is 7.11 Å². The van der Waals surface area contributed by atoms with Gasteiger partial charge < -0.3 is 10.5 Å². The molecule has 15 heavy (non-hydrogen) atoms. The highest BCUT2D eigenvalue weighted by molar-refractivity contribution is 8.16. The van der Waals surface area contributed by atoms with E-state index in [4.69, 9.17) is 10.5 Å². The number of nitrogen functional groups attached to an aromatic ring is 1. The van der Waals surface area contributed by atoms with Crippen LogP contribution in [0.2, 0.25) is 0 Å². The van der Waals surface area contributed by atoms with Gasteiger partial charge in [-0.05, 0) is 24.0 Å². The Bertz CT molecular complexity index is 337. The zero-order valence-electron chi connectivity index (χ0n) is 8.73. The second-order valence-corrected chi connectivity index (χ2v) is 6.11. The molecule has 0 aromatic heterocycles. The molecule has 1 fully saturated rings. The smallest absolute Gasteiger partial charge is 0.142 e. The highest BCUT2D eigenvalue weighted by Crippen LogP contribution is 2.47. The first kappa shape index (κ1) is 11.0. The van der Waals surface area contributed by atoms with E-state index in [-0.39, 0.29) is 0 Å². The van der Waals surface area contributed by atoms with Crippen molar-refractivity contribution < 1.29 is 4.74 Å². The summed E-state index contributed by atoms with van der Waals surface area (Å²) in [4.78, 5) is 0. The van der Waals surface area contributed by atoms with E-state index in [1.807, 2.05) is 35.7 Å². The van der Waals surface area contributed by atoms with E-state index < -0.39 is 0 Å². The molecule has 2 N–H and O–H groups in total. The molecule has 82 valence electrons. The number of rotatable bonds is 2. The second-order valence-electron chi connectivity index (χ2n) is 3.39. The normalized spacial score (nSPS) is 17.7. The fourth-order valence-electron chi connectivity index (χ4n) is 1.61. The minimum atomic E-state index is 0.480. The molecular formula is C11H15NOS2. The maximum Gasteiger partial charge on any atom is 0.142 e. The molecule has 0 spiro atoms.